The standard InChI is InChI=1S/C13H12BrNO/c14-7-10-6-12(9-15-8-10)13(16)11-4-2-1-3-5-11/h1-6,8-9,13,16H,7H2. The zero-order valence-corrected chi connectivity index (χ0v) is 10.3. The summed E-state index contributed by atoms with van der Waals surface area (Å²) in [6.07, 6.45) is 2.88. The molecule has 0 saturated carbocycles. The van der Waals surface area contributed by atoms with Gasteiger partial charge in [0.25, 0.3) is 0 Å². The second-order valence-electron chi connectivity index (χ2n) is 3.57. The molecule has 0 spiro atoms. The topological polar surface area (TPSA) is 33.1 Å². The first-order chi connectivity index (χ1) is 7.81. The van der Waals surface area contributed by atoms with Gasteiger partial charge in [-0.15, -0.1) is 0 Å². The Labute approximate surface area is 103 Å². The van der Waals surface area contributed by atoms with Crippen LogP contribution in [0.25, 0.3) is 0 Å². The summed E-state index contributed by atoms with van der Waals surface area (Å²) >= 11 is 3.38. The van der Waals surface area contributed by atoms with E-state index in [1.807, 2.05) is 36.4 Å². The zero-order chi connectivity index (χ0) is 11.4. The van der Waals surface area contributed by atoms with E-state index >= 15 is 0 Å². The highest BCUT2D eigenvalue weighted by molar-refractivity contribution is 9.08. The lowest BCUT2D eigenvalue weighted by molar-refractivity contribution is 0.220. The Kier molecular flexibility index (Phi) is 3.70. The van der Waals surface area contributed by atoms with Crippen molar-refractivity contribution in [2.75, 3.05) is 0 Å². The molecule has 0 amide bonds. The van der Waals surface area contributed by atoms with Crippen molar-refractivity contribution in [2.24, 2.45) is 0 Å². The molecule has 0 aliphatic carbocycles. The maximum absolute atomic E-state index is 10.2. The maximum atomic E-state index is 10.2. The van der Waals surface area contributed by atoms with E-state index in [2.05, 4.69) is 20.9 Å². The van der Waals surface area contributed by atoms with Gasteiger partial charge in [0.15, 0.2) is 0 Å². The van der Waals surface area contributed by atoms with Crippen molar-refractivity contribution in [3.63, 3.8) is 0 Å². The molecular formula is C13H12BrNO. The van der Waals surface area contributed by atoms with Gasteiger partial charge < -0.3 is 5.11 Å². The maximum Gasteiger partial charge on any atom is 0.106 e. The van der Waals surface area contributed by atoms with E-state index in [0.717, 1.165) is 22.0 Å². The molecule has 0 aliphatic heterocycles. The third-order valence-corrected chi connectivity index (χ3v) is 3.05. The Morgan fingerprint density at radius 1 is 1.12 bits per heavy atom. The molecular weight excluding hydrogens is 266 g/mol. The Morgan fingerprint density at radius 3 is 2.56 bits per heavy atom. The molecule has 1 aromatic carbocycles. The number of hydrogen-bond donors (Lipinski definition) is 1. The van der Waals surface area contributed by atoms with Crippen LogP contribution in [0.1, 0.15) is 22.8 Å². The lowest BCUT2D eigenvalue weighted by atomic mass is 10.0. The van der Waals surface area contributed by atoms with Crippen LogP contribution in [-0.2, 0) is 5.33 Å². The largest absolute Gasteiger partial charge is 0.384 e. The summed E-state index contributed by atoms with van der Waals surface area (Å²) in [5.41, 5.74) is 2.77. The van der Waals surface area contributed by atoms with E-state index in [-0.39, 0.29) is 0 Å². The minimum atomic E-state index is -0.604. The third-order valence-electron chi connectivity index (χ3n) is 2.40. The van der Waals surface area contributed by atoms with Crippen molar-refractivity contribution >= 4 is 15.9 Å². The highest BCUT2D eigenvalue weighted by Gasteiger charge is 2.10. The van der Waals surface area contributed by atoms with Crippen LogP contribution in [0, 0.1) is 0 Å². The van der Waals surface area contributed by atoms with Gasteiger partial charge in [0.1, 0.15) is 6.10 Å². The number of alkyl halides is 1. The summed E-state index contributed by atoms with van der Waals surface area (Å²) in [6, 6.07) is 11.5. The average Bonchev–Trinajstić information content (AvgIpc) is 2.39. The van der Waals surface area contributed by atoms with E-state index in [9.17, 15) is 5.11 Å². The zero-order valence-electron chi connectivity index (χ0n) is 8.68. The summed E-state index contributed by atoms with van der Waals surface area (Å²) in [5, 5.41) is 10.9. The molecule has 0 aliphatic rings. The molecule has 2 aromatic rings. The van der Waals surface area contributed by atoms with Crippen molar-refractivity contribution in [2.45, 2.75) is 11.4 Å². The van der Waals surface area contributed by atoms with Crippen molar-refractivity contribution in [3.05, 3.63) is 65.5 Å². The van der Waals surface area contributed by atoms with E-state index < -0.39 is 6.10 Å². The molecule has 0 fully saturated rings. The quantitative estimate of drug-likeness (QED) is 0.875. The Morgan fingerprint density at radius 2 is 1.88 bits per heavy atom. The molecule has 82 valence electrons. The van der Waals surface area contributed by atoms with E-state index in [0.29, 0.717) is 0 Å². The summed E-state index contributed by atoms with van der Waals surface area (Å²) in [6.45, 7) is 0. The van der Waals surface area contributed by atoms with Crippen LogP contribution in [0.15, 0.2) is 48.8 Å². The molecule has 16 heavy (non-hydrogen) atoms. The van der Waals surface area contributed by atoms with Crippen LogP contribution in [0.2, 0.25) is 0 Å². The predicted molar refractivity (Wildman–Crippen MR) is 67.4 cm³/mol. The first-order valence-electron chi connectivity index (χ1n) is 5.04. The van der Waals surface area contributed by atoms with Crippen LogP contribution in [0.4, 0.5) is 0 Å². The average molecular weight is 278 g/mol. The molecule has 1 unspecified atom stereocenters. The Hall–Kier alpha value is -1.19. The number of rotatable bonds is 3. The molecule has 0 bridgehead atoms. The van der Waals surface area contributed by atoms with E-state index in [1.54, 1.807) is 12.4 Å². The van der Waals surface area contributed by atoms with Crippen LogP contribution in [0.3, 0.4) is 0 Å². The van der Waals surface area contributed by atoms with Crippen LogP contribution in [-0.4, -0.2) is 10.1 Å². The van der Waals surface area contributed by atoms with Crippen LogP contribution in [0.5, 0.6) is 0 Å². The lowest BCUT2D eigenvalue weighted by Crippen LogP contribution is -2.00. The predicted octanol–water partition coefficient (Wildman–Crippen LogP) is 3.06. The highest BCUT2D eigenvalue weighted by atomic mass is 79.9. The Balaban J connectivity index is 2.30. The van der Waals surface area contributed by atoms with Crippen LogP contribution >= 0.6 is 15.9 Å². The molecule has 1 atom stereocenters. The molecule has 2 nitrogen and oxygen atoms in total. The fourth-order valence-electron chi connectivity index (χ4n) is 1.56. The lowest BCUT2D eigenvalue weighted by Gasteiger charge is -2.11. The minimum Gasteiger partial charge on any atom is -0.384 e. The van der Waals surface area contributed by atoms with E-state index in [1.165, 1.54) is 0 Å². The number of aromatic nitrogens is 1. The van der Waals surface area contributed by atoms with Gasteiger partial charge in [-0.05, 0) is 17.2 Å². The Bertz CT molecular complexity index is 458. The summed E-state index contributed by atoms with van der Waals surface area (Å²) in [7, 11) is 0. The van der Waals surface area contributed by atoms with Gasteiger partial charge in [-0.25, -0.2) is 0 Å². The van der Waals surface area contributed by atoms with Gasteiger partial charge in [0.2, 0.25) is 0 Å². The van der Waals surface area contributed by atoms with Gasteiger partial charge in [-0.2, -0.15) is 0 Å². The number of benzene rings is 1. The van der Waals surface area contributed by atoms with Gasteiger partial charge in [-0.3, -0.25) is 4.98 Å². The van der Waals surface area contributed by atoms with Gasteiger partial charge in [-0.1, -0.05) is 46.3 Å². The third kappa shape index (κ3) is 2.49. The molecule has 1 aromatic heterocycles. The fourth-order valence-corrected chi connectivity index (χ4v) is 1.86. The van der Waals surface area contributed by atoms with Crippen LogP contribution < -0.4 is 0 Å². The molecule has 0 radical (unpaired) electrons. The van der Waals surface area contributed by atoms with Crippen molar-refractivity contribution < 1.29 is 5.11 Å². The monoisotopic (exact) mass is 277 g/mol. The minimum absolute atomic E-state index is 0.604. The number of pyridine rings is 1. The number of aliphatic hydroxyl groups excluding tert-OH is 1. The summed E-state index contributed by atoms with van der Waals surface area (Å²) < 4.78 is 0. The summed E-state index contributed by atoms with van der Waals surface area (Å²) in [4.78, 5) is 4.11. The molecule has 2 rings (SSSR count). The first kappa shape index (κ1) is 11.3. The highest BCUT2D eigenvalue weighted by Crippen LogP contribution is 2.21. The fraction of sp³-hybridized carbons (Fsp3) is 0.154. The number of hydrogen-bond acceptors (Lipinski definition) is 2. The normalized spacial score (nSPS) is 12.4. The van der Waals surface area contributed by atoms with E-state index in [4.69, 9.17) is 0 Å². The molecule has 1 N–H and O–H groups in total. The first-order valence-corrected chi connectivity index (χ1v) is 6.16. The SMILES string of the molecule is OC(c1ccccc1)c1cncc(CBr)c1. The number of nitrogens with zero attached hydrogens (tertiary/aromatic N) is 1. The van der Waals surface area contributed by atoms with Crippen molar-refractivity contribution in [1.29, 1.82) is 0 Å². The van der Waals surface area contributed by atoms with Gasteiger partial charge >= 0.3 is 0 Å². The number of halogens is 1. The molecule has 0 saturated heterocycles. The van der Waals surface area contributed by atoms with Gasteiger partial charge in [0.05, 0.1) is 0 Å². The number of aliphatic hydroxyl groups is 1. The molecule has 3 heteroatoms. The van der Waals surface area contributed by atoms with Crippen molar-refractivity contribution in [1.82, 2.24) is 4.98 Å². The second-order valence-corrected chi connectivity index (χ2v) is 4.13. The molecule has 1 heterocycles. The summed E-state index contributed by atoms with van der Waals surface area (Å²) in [5.74, 6) is 0. The second kappa shape index (κ2) is 5.23. The van der Waals surface area contributed by atoms with Crippen molar-refractivity contribution in [3.8, 4) is 0 Å². The smallest absolute Gasteiger partial charge is 0.106 e. The van der Waals surface area contributed by atoms with Gasteiger partial charge in [0, 0.05) is 23.3 Å².